The SMILES string of the molecule is CC(O)CNCC1[C+]2C=C(C(O)COc3cc(CC[C-]4C=C(CO)C(CCCCCCC(N)CCCO)[OH+]4)ccc3O)N=C2C2C=CC13CCCC3C2. The zero-order valence-corrected chi connectivity index (χ0v) is 31.6. The first-order chi connectivity index (χ1) is 25.7. The molecule has 7 rings (SSSR count). The Balaban J connectivity index is 0.988. The molecule has 1 aromatic carbocycles. The van der Waals surface area contributed by atoms with E-state index in [1.807, 2.05) is 18.2 Å². The normalized spacial score (nSPS) is 27.6. The van der Waals surface area contributed by atoms with Crippen molar-refractivity contribution in [1.82, 2.24) is 5.32 Å². The highest BCUT2D eigenvalue weighted by Gasteiger charge is 2.60. The topological polar surface area (TPSA) is 174 Å². The highest BCUT2D eigenvalue weighted by molar-refractivity contribution is 6.06. The molecule has 53 heavy (non-hydrogen) atoms. The van der Waals surface area contributed by atoms with Gasteiger partial charge in [0.2, 0.25) is 5.70 Å². The molecule has 1 aromatic rings. The van der Waals surface area contributed by atoms with Gasteiger partial charge in [0.15, 0.2) is 23.3 Å². The number of nitrogens with zero attached hydrogens (tertiary/aromatic N) is 1. The minimum Gasteiger partial charge on any atom is -0.504 e. The number of nitrogens with two attached hydrogens (primary N) is 1. The van der Waals surface area contributed by atoms with Crippen LogP contribution in [0.15, 0.2) is 58.8 Å². The lowest BCUT2D eigenvalue weighted by molar-refractivity contribution is -0.0552. The fourth-order valence-electron chi connectivity index (χ4n) is 9.50. The number of phenolic OH excluding ortho intramolecular Hbond substituents is 1. The lowest BCUT2D eigenvalue weighted by atomic mass is 9.63. The zero-order valence-electron chi connectivity index (χ0n) is 31.6. The first-order valence-electron chi connectivity index (χ1n) is 20.3. The van der Waals surface area contributed by atoms with Gasteiger partial charge in [-0.2, -0.15) is 0 Å². The van der Waals surface area contributed by atoms with Crippen LogP contribution in [-0.2, 0) is 6.42 Å². The largest absolute Gasteiger partial charge is 0.504 e. The fraction of sp³-hybridized carbons (Fsp3) is 0.651. The maximum Gasteiger partial charge on any atom is 0.208 e. The zero-order chi connectivity index (χ0) is 37.4. The Labute approximate surface area is 316 Å². The van der Waals surface area contributed by atoms with Crippen molar-refractivity contribution in [3.8, 4) is 11.5 Å². The number of aliphatic hydroxyl groups is 6. The van der Waals surface area contributed by atoms with Crippen molar-refractivity contribution in [1.29, 1.82) is 0 Å². The molecule has 2 bridgehead atoms. The first-order valence-corrected chi connectivity index (χ1v) is 20.3. The van der Waals surface area contributed by atoms with Crippen molar-refractivity contribution < 1.29 is 35.0 Å². The number of unbranched alkanes of at least 4 members (excludes halogenated alkanes) is 3. The van der Waals surface area contributed by atoms with Gasteiger partial charge in [-0.05, 0) is 88.3 Å². The number of benzene rings is 1. The predicted octanol–water partition coefficient (Wildman–Crippen LogP) is 4.74. The molecule has 0 saturated heterocycles. The predicted molar refractivity (Wildman–Crippen MR) is 208 cm³/mol. The molecule has 0 amide bonds. The molecule has 9 N–H and O–H groups in total. The third-order valence-electron chi connectivity index (χ3n) is 12.4. The molecule has 0 aromatic heterocycles. The second-order valence-electron chi connectivity index (χ2n) is 16.2. The van der Waals surface area contributed by atoms with Gasteiger partial charge in [0.1, 0.15) is 24.7 Å². The molecule has 10 nitrogen and oxygen atoms in total. The summed E-state index contributed by atoms with van der Waals surface area (Å²) in [6.07, 6.45) is 22.7. The molecule has 8 atom stereocenters. The average Bonchev–Trinajstić information content (AvgIpc) is 3.87. The fourth-order valence-corrected chi connectivity index (χ4v) is 9.50. The van der Waals surface area contributed by atoms with E-state index in [0.717, 1.165) is 93.7 Å². The van der Waals surface area contributed by atoms with Gasteiger partial charge in [-0.3, -0.25) is 0 Å². The number of phenols is 1. The summed E-state index contributed by atoms with van der Waals surface area (Å²) in [5.74, 6) is 2.68. The molecule has 10 heteroatoms. The van der Waals surface area contributed by atoms with E-state index in [1.165, 1.54) is 18.8 Å². The minimum atomic E-state index is -0.947. The molecule has 4 aliphatic carbocycles. The molecular weight excluding hydrogens is 670 g/mol. The van der Waals surface area contributed by atoms with Gasteiger partial charge in [-0.1, -0.05) is 43.9 Å². The van der Waals surface area contributed by atoms with Crippen molar-refractivity contribution >= 4 is 5.71 Å². The van der Waals surface area contributed by atoms with Crippen LogP contribution in [0, 0.1) is 35.2 Å². The minimum absolute atomic E-state index is 0.0113. The van der Waals surface area contributed by atoms with Crippen molar-refractivity contribution in [2.45, 2.75) is 121 Å². The van der Waals surface area contributed by atoms with Crippen molar-refractivity contribution in [3.63, 3.8) is 0 Å². The van der Waals surface area contributed by atoms with E-state index in [1.54, 1.807) is 13.0 Å². The second-order valence-corrected chi connectivity index (χ2v) is 16.2. The number of hydrogen-bond acceptors (Lipinski definition) is 9. The van der Waals surface area contributed by atoms with Crippen LogP contribution in [-0.4, -0.2) is 93.2 Å². The van der Waals surface area contributed by atoms with Crippen LogP contribution in [0.1, 0.15) is 96.0 Å². The van der Waals surface area contributed by atoms with Crippen LogP contribution < -0.4 is 15.8 Å². The quantitative estimate of drug-likeness (QED) is 0.0387. The Hall–Kier alpha value is -2.83. The maximum atomic E-state index is 11.3. The van der Waals surface area contributed by atoms with Crippen molar-refractivity contribution in [2.75, 3.05) is 32.9 Å². The number of aliphatic imine (C=N–C) groups is 1. The molecule has 0 radical (unpaired) electrons. The average molecular weight is 735 g/mol. The Morgan fingerprint density at radius 3 is 2.79 bits per heavy atom. The van der Waals surface area contributed by atoms with Crippen LogP contribution in [0.5, 0.6) is 11.5 Å². The summed E-state index contributed by atoms with van der Waals surface area (Å²) >= 11 is 0. The summed E-state index contributed by atoms with van der Waals surface area (Å²) in [4.78, 5) is 5.03. The molecular formula is C43H64N3O7+. The van der Waals surface area contributed by atoms with Crippen LogP contribution in [0.25, 0.3) is 0 Å². The summed E-state index contributed by atoms with van der Waals surface area (Å²) in [6.45, 7) is 3.29. The first kappa shape index (κ1) is 39.9. The monoisotopic (exact) mass is 734 g/mol. The van der Waals surface area contributed by atoms with Crippen LogP contribution >= 0.6 is 0 Å². The Morgan fingerprint density at radius 1 is 1.15 bits per heavy atom. The van der Waals surface area contributed by atoms with E-state index >= 15 is 0 Å². The Bertz CT molecular complexity index is 1480. The van der Waals surface area contributed by atoms with Gasteiger partial charge in [-0.15, -0.1) is 16.6 Å². The van der Waals surface area contributed by atoms with Gasteiger partial charge in [0.05, 0.1) is 18.1 Å². The second kappa shape index (κ2) is 18.7. The van der Waals surface area contributed by atoms with E-state index in [9.17, 15) is 20.4 Å². The number of rotatable bonds is 22. The highest BCUT2D eigenvalue weighted by Crippen LogP contribution is 2.61. The molecule has 1 spiro atoms. The number of nitrogens with one attached hydrogen (secondary N) is 1. The van der Waals surface area contributed by atoms with E-state index < -0.39 is 12.2 Å². The smallest absolute Gasteiger partial charge is 0.208 e. The number of hydrogen-bond donors (Lipinski definition) is 7. The Morgan fingerprint density at radius 2 is 1.98 bits per heavy atom. The van der Waals surface area contributed by atoms with Crippen molar-refractivity contribution in [2.24, 2.45) is 33.9 Å². The van der Waals surface area contributed by atoms with E-state index in [4.69, 9.17) is 25.3 Å². The lowest BCUT2D eigenvalue weighted by Gasteiger charge is -2.39. The standard InChI is InChI=1S/C43H63N3O7/c1-28(49)24-45-25-36-35-23-37(46-42(35)30-16-18-43(36)17-6-8-32(43)21-30)39(51)27-52-41-20-29(13-15-38(41)50)12-14-34-22-31(26-48)40(53-34)11-5-3-2-4-9-33(44)10-7-19-47/h13,15-16,18,20,22-23,28,30,32-33,36,39-40,45,47-49,51,53H,2-12,14,17,19,21,24-27,44H2,1H3/p+1. The molecule has 2 saturated carbocycles. The number of aromatic hydroxyl groups is 1. The number of allylic oxidation sites excluding steroid dienone is 3. The van der Waals surface area contributed by atoms with Gasteiger partial charge in [-0.25, -0.2) is 0 Å². The van der Waals surface area contributed by atoms with Gasteiger partial charge >= 0.3 is 0 Å². The van der Waals surface area contributed by atoms with Crippen molar-refractivity contribution in [3.05, 3.63) is 71.4 Å². The van der Waals surface area contributed by atoms with Crippen LogP contribution in [0.4, 0.5) is 0 Å². The molecule has 6 aliphatic rings. The van der Waals surface area contributed by atoms with Gasteiger partial charge in [0, 0.05) is 50.1 Å². The summed E-state index contributed by atoms with van der Waals surface area (Å²) in [6, 6.07) is 5.53. The van der Waals surface area contributed by atoms with E-state index in [-0.39, 0.29) is 55.0 Å². The third-order valence-corrected chi connectivity index (χ3v) is 12.4. The van der Waals surface area contributed by atoms with E-state index in [2.05, 4.69) is 23.5 Å². The third kappa shape index (κ3) is 9.71. The molecule has 2 aliphatic heterocycles. The highest BCUT2D eigenvalue weighted by atomic mass is 16.5. The Kier molecular flexibility index (Phi) is 14.0. The summed E-state index contributed by atoms with van der Waals surface area (Å²) in [5, 5.41) is 54.4. The maximum absolute atomic E-state index is 11.3. The number of ether oxygens (including phenoxy) is 2. The summed E-state index contributed by atoms with van der Waals surface area (Å²) < 4.78 is 11.0. The summed E-state index contributed by atoms with van der Waals surface area (Å²) in [7, 11) is 0. The number of aliphatic hydroxyl groups excluding tert-OH is 4. The van der Waals surface area contributed by atoms with Gasteiger partial charge in [0.25, 0.3) is 0 Å². The van der Waals surface area contributed by atoms with Crippen LogP contribution in [0.2, 0.25) is 0 Å². The molecule has 292 valence electrons. The molecule has 2 heterocycles. The number of aryl methyl sites for hydroxylation is 1. The lowest BCUT2D eigenvalue weighted by Crippen LogP contribution is -2.42. The molecule has 8 unspecified atom stereocenters. The summed E-state index contributed by atoms with van der Waals surface area (Å²) in [5.41, 5.74) is 9.85. The van der Waals surface area contributed by atoms with Gasteiger partial charge < -0.3 is 46.1 Å². The van der Waals surface area contributed by atoms with Crippen LogP contribution in [0.3, 0.4) is 0 Å². The molecule has 2 fully saturated rings. The van der Waals surface area contributed by atoms with E-state index in [0.29, 0.717) is 36.8 Å².